The van der Waals surface area contributed by atoms with Gasteiger partial charge in [0.2, 0.25) is 0 Å². The van der Waals surface area contributed by atoms with E-state index in [2.05, 4.69) is 38.1 Å². The zero-order valence-electron chi connectivity index (χ0n) is 14.6. The van der Waals surface area contributed by atoms with Crippen LogP contribution in [0.1, 0.15) is 57.9 Å². The lowest BCUT2D eigenvalue weighted by Gasteiger charge is -2.27. The largest absolute Gasteiger partial charge is 0.493 e. The highest BCUT2D eigenvalue weighted by molar-refractivity contribution is 6.58. The predicted molar refractivity (Wildman–Crippen MR) is 98.4 cm³/mol. The Morgan fingerprint density at radius 3 is 2.36 bits per heavy atom. The molecular formula is C20H33OSi. The first-order chi connectivity index (χ1) is 10.8. The van der Waals surface area contributed by atoms with Crippen LogP contribution in [0.25, 0.3) is 0 Å². The predicted octanol–water partition coefficient (Wildman–Crippen LogP) is 6.11. The minimum atomic E-state index is -0.00229. The van der Waals surface area contributed by atoms with Gasteiger partial charge in [-0.15, -0.1) is 0 Å². The summed E-state index contributed by atoms with van der Waals surface area (Å²) >= 11 is 0. The van der Waals surface area contributed by atoms with Crippen LogP contribution in [0, 0.1) is 5.92 Å². The third kappa shape index (κ3) is 6.16. The molecule has 1 nitrogen and oxygen atoms in total. The van der Waals surface area contributed by atoms with Crippen LogP contribution in [-0.4, -0.2) is 15.4 Å². The van der Waals surface area contributed by atoms with Crippen molar-refractivity contribution in [3.63, 3.8) is 0 Å². The Bertz CT molecular complexity index is 393. The van der Waals surface area contributed by atoms with Crippen molar-refractivity contribution in [3.8, 4) is 5.75 Å². The summed E-state index contributed by atoms with van der Waals surface area (Å²) < 4.78 is 6.02. The standard InChI is InChI=1S/C20H33OSi/c1-3-5-6-14-22-15-12-19(13-16-22)17-21-20-10-8-18(7-4-2)9-11-20/h8-11,19H,3-7,12-17H2,1-2H3. The van der Waals surface area contributed by atoms with Crippen LogP contribution in [0.15, 0.2) is 24.3 Å². The van der Waals surface area contributed by atoms with Gasteiger partial charge >= 0.3 is 0 Å². The van der Waals surface area contributed by atoms with Crippen molar-refractivity contribution in [2.75, 3.05) is 6.61 Å². The Balaban J connectivity index is 1.64. The molecule has 0 aliphatic carbocycles. The topological polar surface area (TPSA) is 9.23 Å². The van der Waals surface area contributed by atoms with E-state index in [-0.39, 0.29) is 8.80 Å². The second-order valence-corrected chi connectivity index (χ2v) is 9.86. The van der Waals surface area contributed by atoms with Crippen molar-refractivity contribution >= 4 is 8.80 Å². The molecule has 0 atom stereocenters. The molecule has 0 N–H and O–H groups in total. The van der Waals surface area contributed by atoms with E-state index in [1.54, 1.807) is 6.04 Å². The van der Waals surface area contributed by atoms with Crippen molar-refractivity contribution in [3.05, 3.63) is 29.8 Å². The highest BCUT2D eigenvalue weighted by atomic mass is 28.3. The van der Waals surface area contributed by atoms with Crippen molar-refractivity contribution < 1.29 is 4.74 Å². The number of aryl methyl sites for hydroxylation is 1. The number of hydrogen-bond donors (Lipinski definition) is 0. The Morgan fingerprint density at radius 1 is 1.00 bits per heavy atom. The van der Waals surface area contributed by atoms with Crippen LogP contribution in [0.5, 0.6) is 5.75 Å². The van der Waals surface area contributed by atoms with Crippen LogP contribution >= 0.6 is 0 Å². The summed E-state index contributed by atoms with van der Waals surface area (Å²) in [6.45, 7) is 5.46. The van der Waals surface area contributed by atoms with Crippen molar-refractivity contribution in [2.45, 2.75) is 76.9 Å². The first kappa shape index (κ1) is 17.6. The Kier molecular flexibility index (Phi) is 8.07. The minimum absolute atomic E-state index is 0.00229. The zero-order valence-corrected chi connectivity index (χ0v) is 15.6. The van der Waals surface area contributed by atoms with Gasteiger partial charge in [-0.25, -0.2) is 0 Å². The van der Waals surface area contributed by atoms with E-state index in [9.17, 15) is 0 Å². The molecule has 2 rings (SSSR count). The lowest BCUT2D eigenvalue weighted by Crippen LogP contribution is -2.24. The molecule has 0 unspecified atom stereocenters. The molecule has 22 heavy (non-hydrogen) atoms. The maximum absolute atomic E-state index is 6.02. The van der Waals surface area contributed by atoms with Crippen molar-refractivity contribution in [2.24, 2.45) is 5.92 Å². The van der Waals surface area contributed by atoms with Crippen LogP contribution in [-0.2, 0) is 6.42 Å². The van der Waals surface area contributed by atoms with Crippen molar-refractivity contribution in [1.82, 2.24) is 0 Å². The molecule has 1 radical (unpaired) electrons. The van der Waals surface area contributed by atoms with E-state index in [1.165, 1.54) is 62.6 Å². The minimum Gasteiger partial charge on any atom is -0.493 e. The van der Waals surface area contributed by atoms with Gasteiger partial charge in [-0.3, -0.25) is 0 Å². The van der Waals surface area contributed by atoms with Crippen molar-refractivity contribution in [1.29, 1.82) is 0 Å². The number of hydrogen-bond acceptors (Lipinski definition) is 1. The van der Waals surface area contributed by atoms with Gasteiger partial charge in [-0.1, -0.05) is 69.8 Å². The second-order valence-electron chi connectivity index (χ2n) is 6.86. The van der Waals surface area contributed by atoms with E-state index in [4.69, 9.17) is 4.74 Å². The molecule has 2 heteroatoms. The molecule has 0 bridgehead atoms. The maximum atomic E-state index is 6.02. The molecule has 0 aromatic heterocycles. The second kappa shape index (κ2) is 10.1. The lowest BCUT2D eigenvalue weighted by atomic mass is 10.0. The summed E-state index contributed by atoms with van der Waals surface area (Å²) in [7, 11) is -0.00229. The normalized spacial score (nSPS) is 16.8. The van der Waals surface area contributed by atoms with Crippen LogP contribution in [0.3, 0.4) is 0 Å². The summed E-state index contributed by atoms with van der Waals surface area (Å²) in [6, 6.07) is 13.3. The number of unbranched alkanes of at least 4 members (excludes halogenated alkanes) is 2. The average Bonchev–Trinajstić information content (AvgIpc) is 2.56. The van der Waals surface area contributed by atoms with E-state index < -0.39 is 0 Å². The van der Waals surface area contributed by atoms with Gasteiger partial charge in [-0.05, 0) is 42.9 Å². The lowest BCUT2D eigenvalue weighted by molar-refractivity contribution is 0.236. The third-order valence-electron chi connectivity index (χ3n) is 4.89. The Morgan fingerprint density at radius 2 is 1.73 bits per heavy atom. The molecule has 1 heterocycles. The summed E-state index contributed by atoms with van der Waals surface area (Å²) in [5.74, 6) is 1.86. The SMILES string of the molecule is CCCCC[Si]1CCC(COc2ccc(CCC)cc2)CC1. The highest BCUT2D eigenvalue weighted by Crippen LogP contribution is 2.29. The molecule has 123 valence electrons. The fourth-order valence-electron chi connectivity index (χ4n) is 3.38. The van der Waals surface area contributed by atoms with Gasteiger partial charge in [-0.2, -0.15) is 0 Å². The summed E-state index contributed by atoms with van der Waals surface area (Å²) in [5, 5.41) is 0. The highest BCUT2D eigenvalue weighted by Gasteiger charge is 2.22. The monoisotopic (exact) mass is 317 g/mol. The van der Waals surface area contributed by atoms with Gasteiger partial charge in [0.15, 0.2) is 0 Å². The van der Waals surface area contributed by atoms with E-state index >= 15 is 0 Å². The number of rotatable bonds is 9. The molecule has 0 amide bonds. The molecule has 1 aliphatic heterocycles. The summed E-state index contributed by atoms with van der Waals surface area (Å²) in [6.07, 6.45) is 9.49. The molecular weight excluding hydrogens is 284 g/mol. The molecule has 1 aromatic rings. The van der Waals surface area contributed by atoms with Gasteiger partial charge < -0.3 is 4.74 Å². The Labute approximate surface area is 139 Å². The van der Waals surface area contributed by atoms with Crippen LogP contribution in [0.4, 0.5) is 0 Å². The third-order valence-corrected chi connectivity index (χ3v) is 7.95. The summed E-state index contributed by atoms with van der Waals surface area (Å²) in [4.78, 5) is 0. The molecule has 1 saturated heterocycles. The average molecular weight is 318 g/mol. The summed E-state index contributed by atoms with van der Waals surface area (Å²) in [5.41, 5.74) is 1.42. The fraction of sp³-hybridized carbons (Fsp3) is 0.700. The first-order valence-electron chi connectivity index (χ1n) is 9.37. The van der Waals surface area contributed by atoms with Crippen LogP contribution in [0.2, 0.25) is 18.1 Å². The van der Waals surface area contributed by atoms with Gasteiger partial charge in [0, 0.05) is 8.80 Å². The molecule has 0 spiro atoms. The number of ether oxygens (including phenoxy) is 1. The van der Waals surface area contributed by atoms with E-state index in [0.29, 0.717) is 0 Å². The van der Waals surface area contributed by atoms with E-state index in [0.717, 1.165) is 18.3 Å². The van der Waals surface area contributed by atoms with Gasteiger partial charge in [0.25, 0.3) is 0 Å². The quantitative estimate of drug-likeness (QED) is 0.394. The molecule has 1 aliphatic rings. The Hall–Kier alpha value is -0.763. The van der Waals surface area contributed by atoms with Gasteiger partial charge in [0.1, 0.15) is 5.75 Å². The molecule has 0 saturated carbocycles. The molecule has 1 fully saturated rings. The maximum Gasteiger partial charge on any atom is 0.119 e. The molecule has 1 aromatic carbocycles. The first-order valence-corrected chi connectivity index (χ1v) is 11.5. The fourth-order valence-corrected chi connectivity index (χ4v) is 6.52. The van der Waals surface area contributed by atoms with E-state index in [1.807, 2.05) is 0 Å². The smallest absolute Gasteiger partial charge is 0.119 e. The van der Waals surface area contributed by atoms with Crippen LogP contribution < -0.4 is 4.74 Å². The number of benzene rings is 1. The zero-order chi connectivity index (χ0) is 15.6. The van der Waals surface area contributed by atoms with Gasteiger partial charge in [0.05, 0.1) is 6.61 Å².